The summed E-state index contributed by atoms with van der Waals surface area (Å²) in [6, 6.07) is 19.1. The van der Waals surface area contributed by atoms with Gasteiger partial charge in [0.1, 0.15) is 0 Å². The van der Waals surface area contributed by atoms with Crippen molar-refractivity contribution in [3.63, 3.8) is 0 Å². The number of piperidine rings is 2. The zero-order valence-electron chi connectivity index (χ0n) is 18.7. The molecule has 0 saturated carbocycles. The quantitative estimate of drug-likeness (QED) is 0.630. The number of hydrogen-bond donors (Lipinski definition) is 1. The van der Waals surface area contributed by atoms with Gasteiger partial charge in [-0.15, -0.1) is 0 Å². The van der Waals surface area contributed by atoms with Crippen LogP contribution in [-0.2, 0) is 11.3 Å². The summed E-state index contributed by atoms with van der Waals surface area (Å²) >= 11 is 0. The number of fused-ring (bicyclic) bond motifs is 1. The summed E-state index contributed by atoms with van der Waals surface area (Å²) < 4.78 is 7.90. The summed E-state index contributed by atoms with van der Waals surface area (Å²) in [6.45, 7) is 5.53. The summed E-state index contributed by atoms with van der Waals surface area (Å²) in [5.41, 5.74) is 2.59. The third kappa shape index (κ3) is 4.74. The molecule has 2 aliphatic heterocycles. The van der Waals surface area contributed by atoms with Gasteiger partial charge < -0.3 is 19.5 Å². The van der Waals surface area contributed by atoms with E-state index in [9.17, 15) is 4.79 Å². The third-order valence-electron chi connectivity index (χ3n) is 7.02. The second kappa shape index (κ2) is 9.88. The van der Waals surface area contributed by atoms with Gasteiger partial charge in [0.15, 0.2) is 0 Å². The molecule has 1 aromatic heterocycles. The van der Waals surface area contributed by atoms with E-state index in [1.807, 2.05) is 22.9 Å². The number of ether oxygens (including phenoxy) is 1. The fraction of sp³-hybridized carbons (Fsp3) is 0.444. The monoisotopic (exact) mass is 431 g/mol. The number of nitrogens with zero attached hydrogens (tertiary/aromatic N) is 2. The first-order valence-corrected chi connectivity index (χ1v) is 12.0. The van der Waals surface area contributed by atoms with Crippen molar-refractivity contribution in [1.82, 2.24) is 9.88 Å². The first kappa shape index (κ1) is 21.2. The van der Waals surface area contributed by atoms with Crippen LogP contribution in [0, 0.1) is 5.92 Å². The maximum atomic E-state index is 13.1. The highest BCUT2D eigenvalue weighted by atomic mass is 16.5. The van der Waals surface area contributed by atoms with Gasteiger partial charge in [-0.25, -0.2) is 0 Å². The van der Waals surface area contributed by atoms with E-state index >= 15 is 0 Å². The van der Waals surface area contributed by atoms with Gasteiger partial charge >= 0.3 is 0 Å². The van der Waals surface area contributed by atoms with Crippen molar-refractivity contribution in [2.75, 3.05) is 37.7 Å². The fourth-order valence-corrected chi connectivity index (χ4v) is 5.08. The van der Waals surface area contributed by atoms with Crippen LogP contribution in [0.3, 0.4) is 0 Å². The number of benzene rings is 2. The van der Waals surface area contributed by atoms with Gasteiger partial charge in [0, 0.05) is 49.6 Å². The summed E-state index contributed by atoms with van der Waals surface area (Å²) in [4.78, 5) is 15.5. The molecule has 2 aromatic carbocycles. The number of nitrogens with one attached hydrogen (secondary N) is 1. The zero-order valence-corrected chi connectivity index (χ0v) is 18.7. The molecule has 32 heavy (non-hydrogen) atoms. The van der Waals surface area contributed by atoms with Crippen LogP contribution >= 0.6 is 0 Å². The van der Waals surface area contributed by atoms with Crippen molar-refractivity contribution < 1.29 is 4.74 Å². The molecule has 2 saturated heterocycles. The molecule has 0 amide bonds. The van der Waals surface area contributed by atoms with E-state index in [1.165, 1.54) is 11.3 Å². The number of aromatic nitrogens is 1. The minimum Gasteiger partial charge on any atom is -0.376 e. The van der Waals surface area contributed by atoms with Crippen LogP contribution in [0.1, 0.15) is 37.3 Å². The van der Waals surface area contributed by atoms with Crippen LogP contribution in [0.2, 0.25) is 0 Å². The molecule has 2 aliphatic rings. The maximum Gasteiger partial charge on any atom is 0.258 e. The highest BCUT2D eigenvalue weighted by molar-refractivity contribution is 5.85. The van der Waals surface area contributed by atoms with E-state index in [0.717, 1.165) is 69.2 Å². The van der Waals surface area contributed by atoms with Gasteiger partial charge in [0.2, 0.25) is 0 Å². The summed E-state index contributed by atoms with van der Waals surface area (Å²) in [7, 11) is 0. The first-order chi connectivity index (χ1) is 15.8. The second-order valence-corrected chi connectivity index (χ2v) is 9.23. The van der Waals surface area contributed by atoms with Crippen LogP contribution in [0.15, 0.2) is 65.6 Å². The van der Waals surface area contributed by atoms with Crippen LogP contribution in [0.4, 0.5) is 5.69 Å². The molecule has 168 valence electrons. The maximum absolute atomic E-state index is 13.1. The largest absolute Gasteiger partial charge is 0.376 e. The molecular weight excluding hydrogens is 398 g/mol. The van der Waals surface area contributed by atoms with Crippen LogP contribution in [0.5, 0.6) is 0 Å². The van der Waals surface area contributed by atoms with E-state index < -0.39 is 0 Å². The Kier molecular flexibility index (Phi) is 6.56. The van der Waals surface area contributed by atoms with Crippen molar-refractivity contribution in [2.45, 2.75) is 38.3 Å². The number of anilines is 1. The molecule has 1 unspecified atom stereocenters. The lowest BCUT2D eigenvalue weighted by Gasteiger charge is -2.33. The van der Waals surface area contributed by atoms with Crippen molar-refractivity contribution in [1.29, 1.82) is 0 Å². The Morgan fingerprint density at radius 3 is 2.62 bits per heavy atom. The molecule has 0 radical (unpaired) electrons. The molecule has 5 rings (SSSR count). The van der Waals surface area contributed by atoms with Gasteiger partial charge in [-0.2, -0.15) is 0 Å². The molecule has 3 aromatic rings. The van der Waals surface area contributed by atoms with E-state index in [4.69, 9.17) is 4.74 Å². The molecule has 0 spiro atoms. The van der Waals surface area contributed by atoms with E-state index in [0.29, 0.717) is 12.5 Å². The fourth-order valence-electron chi connectivity index (χ4n) is 5.08. The first-order valence-electron chi connectivity index (χ1n) is 12.0. The number of hydrogen-bond acceptors (Lipinski definition) is 4. The molecule has 1 atom stereocenters. The van der Waals surface area contributed by atoms with E-state index in [2.05, 4.69) is 52.7 Å². The summed E-state index contributed by atoms with van der Waals surface area (Å²) in [5.74, 6) is 0.617. The Morgan fingerprint density at radius 1 is 1.00 bits per heavy atom. The predicted molar refractivity (Wildman–Crippen MR) is 130 cm³/mol. The summed E-state index contributed by atoms with van der Waals surface area (Å²) in [5, 5.41) is 5.28. The van der Waals surface area contributed by atoms with Crippen LogP contribution in [0.25, 0.3) is 10.8 Å². The van der Waals surface area contributed by atoms with Crippen molar-refractivity contribution in [3.8, 4) is 0 Å². The standard InChI is InChI=1S/C27H33N3O2/c31-27-26-9-8-24(17-23(26)12-16-30(27)25-7-4-13-28-18-25)29-14-10-22(11-15-29)20-32-19-21-5-2-1-3-6-21/h1-3,5-6,8-9,12,16-17,22,25,28H,4,7,10-11,13-15,18-20H2. The highest BCUT2D eigenvalue weighted by Crippen LogP contribution is 2.27. The topological polar surface area (TPSA) is 46.5 Å². The molecular formula is C27H33N3O2. The predicted octanol–water partition coefficient (Wildman–Crippen LogP) is 4.36. The van der Waals surface area contributed by atoms with E-state index in [-0.39, 0.29) is 11.6 Å². The molecule has 3 heterocycles. The Morgan fingerprint density at radius 2 is 1.84 bits per heavy atom. The lowest BCUT2D eigenvalue weighted by atomic mass is 9.97. The number of rotatable bonds is 6. The molecule has 0 bridgehead atoms. The Balaban J connectivity index is 1.19. The molecule has 5 heteroatoms. The second-order valence-electron chi connectivity index (χ2n) is 9.23. The lowest BCUT2D eigenvalue weighted by molar-refractivity contribution is 0.0786. The third-order valence-corrected chi connectivity index (χ3v) is 7.02. The summed E-state index contributed by atoms with van der Waals surface area (Å²) in [6.07, 6.45) is 6.47. The Labute approximate surface area is 190 Å². The van der Waals surface area contributed by atoms with Gasteiger partial charge in [0.05, 0.1) is 6.61 Å². The average molecular weight is 432 g/mol. The minimum atomic E-state index is 0.136. The van der Waals surface area contributed by atoms with Crippen LogP contribution < -0.4 is 15.8 Å². The molecule has 2 fully saturated rings. The average Bonchev–Trinajstić information content (AvgIpc) is 2.86. The van der Waals surface area contributed by atoms with Gasteiger partial charge in [-0.3, -0.25) is 4.79 Å². The molecule has 5 nitrogen and oxygen atoms in total. The SMILES string of the molecule is O=c1c2ccc(N3CCC(COCc4ccccc4)CC3)cc2ccn1C1CCCNC1. The minimum absolute atomic E-state index is 0.136. The lowest BCUT2D eigenvalue weighted by Crippen LogP contribution is -2.36. The van der Waals surface area contributed by atoms with Crippen molar-refractivity contribution >= 4 is 16.5 Å². The molecule has 1 N–H and O–H groups in total. The zero-order chi connectivity index (χ0) is 21.8. The van der Waals surface area contributed by atoms with Crippen molar-refractivity contribution in [3.05, 3.63) is 76.7 Å². The van der Waals surface area contributed by atoms with Gasteiger partial charge in [-0.05, 0) is 73.4 Å². The van der Waals surface area contributed by atoms with E-state index in [1.54, 1.807) is 0 Å². The normalized spacial score (nSPS) is 20.0. The smallest absolute Gasteiger partial charge is 0.258 e. The Hall–Kier alpha value is -2.63. The van der Waals surface area contributed by atoms with Crippen molar-refractivity contribution in [2.24, 2.45) is 5.92 Å². The van der Waals surface area contributed by atoms with Gasteiger partial charge in [0.25, 0.3) is 5.56 Å². The Bertz CT molecular complexity index is 1080. The highest BCUT2D eigenvalue weighted by Gasteiger charge is 2.21. The van der Waals surface area contributed by atoms with Gasteiger partial charge in [-0.1, -0.05) is 30.3 Å². The number of pyridine rings is 1. The van der Waals surface area contributed by atoms with Crippen LogP contribution in [-0.4, -0.2) is 37.4 Å². The molecule has 0 aliphatic carbocycles.